The molecule has 21 heavy (non-hydrogen) atoms. The van der Waals surface area contributed by atoms with Crippen molar-refractivity contribution in [3.63, 3.8) is 0 Å². The van der Waals surface area contributed by atoms with Crippen LogP contribution in [0.4, 0.5) is 0 Å². The molecule has 1 fully saturated rings. The van der Waals surface area contributed by atoms with Crippen LogP contribution in [0.2, 0.25) is 0 Å². The summed E-state index contributed by atoms with van der Waals surface area (Å²) in [5, 5.41) is 17.9. The van der Waals surface area contributed by atoms with Gasteiger partial charge in [-0.15, -0.1) is 10.2 Å². The molecule has 1 aromatic heterocycles. The molecular weight excluding hydrogens is 266 g/mol. The highest BCUT2D eigenvalue weighted by Gasteiger charge is 2.26. The Balaban J connectivity index is 1.97. The molecule has 5 nitrogen and oxygen atoms in total. The molecule has 0 unspecified atom stereocenters. The maximum absolute atomic E-state index is 9.40. The predicted molar refractivity (Wildman–Crippen MR) is 82.0 cm³/mol. The molecule has 0 amide bonds. The monoisotopic (exact) mass is 295 g/mol. The van der Waals surface area contributed by atoms with Crippen molar-refractivity contribution < 1.29 is 9.84 Å². The number of aliphatic hydroxyl groups is 1. The Bertz CT molecular complexity index is 412. The van der Waals surface area contributed by atoms with Gasteiger partial charge in [0.1, 0.15) is 12.4 Å². The van der Waals surface area contributed by atoms with E-state index in [1.54, 1.807) is 7.11 Å². The second-order valence-electron chi connectivity index (χ2n) is 6.14. The first-order chi connectivity index (χ1) is 10.3. The van der Waals surface area contributed by atoms with Crippen molar-refractivity contribution in [2.24, 2.45) is 5.92 Å². The predicted octanol–water partition coefficient (Wildman–Crippen LogP) is 2.88. The van der Waals surface area contributed by atoms with E-state index in [4.69, 9.17) is 4.74 Å². The van der Waals surface area contributed by atoms with Crippen molar-refractivity contribution in [2.45, 2.75) is 70.9 Å². The molecule has 0 aliphatic heterocycles. The van der Waals surface area contributed by atoms with E-state index in [9.17, 15) is 5.11 Å². The number of nitrogens with zero attached hydrogens (tertiary/aromatic N) is 3. The number of ether oxygens (including phenoxy) is 1. The Kier molecular flexibility index (Phi) is 6.64. The molecule has 1 saturated carbocycles. The smallest absolute Gasteiger partial charge is 0.158 e. The first-order valence-corrected chi connectivity index (χ1v) is 8.31. The summed E-state index contributed by atoms with van der Waals surface area (Å²) in [5.41, 5.74) is 0. The van der Waals surface area contributed by atoms with E-state index in [1.807, 2.05) is 0 Å². The van der Waals surface area contributed by atoms with Crippen molar-refractivity contribution in [1.82, 2.24) is 14.8 Å². The number of aromatic nitrogens is 3. The zero-order valence-corrected chi connectivity index (χ0v) is 13.4. The van der Waals surface area contributed by atoms with Crippen molar-refractivity contribution in [3.8, 4) is 0 Å². The number of aliphatic hydroxyl groups excluding tert-OH is 1. The fraction of sp³-hybridized carbons (Fsp3) is 0.875. The van der Waals surface area contributed by atoms with Crippen LogP contribution in [0.25, 0.3) is 0 Å². The maximum atomic E-state index is 9.40. The molecule has 2 rings (SSSR count). The fourth-order valence-electron chi connectivity index (χ4n) is 3.40. The Morgan fingerprint density at radius 2 is 2.00 bits per heavy atom. The Hall–Kier alpha value is -0.940. The summed E-state index contributed by atoms with van der Waals surface area (Å²) in [6.07, 6.45) is 9.03. The number of hydrogen-bond acceptors (Lipinski definition) is 4. The topological polar surface area (TPSA) is 60.2 Å². The number of unbranched alkanes of at least 4 members (excludes halogenated alkanes) is 1. The van der Waals surface area contributed by atoms with Crippen LogP contribution in [0, 0.1) is 5.92 Å². The van der Waals surface area contributed by atoms with E-state index in [-0.39, 0.29) is 6.61 Å². The van der Waals surface area contributed by atoms with Gasteiger partial charge in [-0.1, -0.05) is 26.2 Å². The van der Waals surface area contributed by atoms with Gasteiger partial charge in [0.15, 0.2) is 5.82 Å². The second-order valence-corrected chi connectivity index (χ2v) is 6.14. The van der Waals surface area contributed by atoms with E-state index in [1.165, 1.54) is 44.9 Å². The highest BCUT2D eigenvalue weighted by atomic mass is 16.5. The van der Waals surface area contributed by atoms with Crippen LogP contribution in [0.15, 0.2) is 0 Å². The third kappa shape index (κ3) is 4.27. The van der Waals surface area contributed by atoms with Gasteiger partial charge in [0, 0.05) is 19.6 Å². The van der Waals surface area contributed by atoms with Crippen molar-refractivity contribution >= 4 is 0 Å². The minimum absolute atomic E-state index is 0.0530. The highest BCUT2D eigenvalue weighted by Crippen LogP contribution is 2.37. The molecule has 1 heterocycles. The Labute approximate surface area is 127 Å². The van der Waals surface area contributed by atoms with Crippen molar-refractivity contribution in [1.29, 1.82) is 0 Å². The minimum Gasteiger partial charge on any atom is -0.388 e. The molecule has 1 aliphatic rings. The highest BCUT2D eigenvalue weighted by molar-refractivity contribution is 5.03. The molecule has 0 spiro atoms. The number of rotatable bonds is 8. The molecule has 120 valence electrons. The summed E-state index contributed by atoms with van der Waals surface area (Å²) in [5.74, 6) is 3.10. The summed E-state index contributed by atoms with van der Waals surface area (Å²) in [6, 6.07) is 0. The van der Waals surface area contributed by atoms with Gasteiger partial charge in [-0.2, -0.15) is 0 Å². The van der Waals surface area contributed by atoms with Crippen LogP contribution >= 0.6 is 0 Å². The molecule has 1 aliphatic carbocycles. The standard InChI is InChI=1S/C16H29N3O2/c1-3-4-5-13-6-8-14(9-7-13)16-18-17-15(12-20)19(16)10-11-21-2/h13-14,20H,3-12H2,1-2H3. The molecule has 0 bridgehead atoms. The third-order valence-corrected chi connectivity index (χ3v) is 4.69. The lowest BCUT2D eigenvalue weighted by Crippen LogP contribution is -2.19. The van der Waals surface area contributed by atoms with Crippen LogP contribution in [-0.2, 0) is 17.9 Å². The first-order valence-electron chi connectivity index (χ1n) is 8.31. The average molecular weight is 295 g/mol. The molecule has 5 heteroatoms. The van der Waals surface area contributed by atoms with Crippen LogP contribution < -0.4 is 0 Å². The molecule has 0 saturated heterocycles. The summed E-state index contributed by atoms with van der Waals surface area (Å²) in [7, 11) is 1.70. The van der Waals surface area contributed by atoms with Crippen LogP contribution in [0.5, 0.6) is 0 Å². The van der Waals surface area contributed by atoms with Gasteiger partial charge in [-0.05, 0) is 31.6 Å². The molecular formula is C16H29N3O2. The van der Waals surface area contributed by atoms with Crippen molar-refractivity contribution in [3.05, 3.63) is 11.6 Å². The molecule has 0 radical (unpaired) electrons. The van der Waals surface area contributed by atoms with Crippen LogP contribution in [0.3, 0.4) is 0 Å². The summed E-state index contributed by atoms with van der Waals surface area (Å²) in [4.78, 5) is 0. The second kappa shape index (κ2) is 8.49. The van der Waals surface area contributed by atoms with Crippen LogP contribution in [0.1, 0.15) is 69.4 Å². The first kappa shape index (κ1) is 16.4. The van der Waals surface area contributed by atoms with Gasteiger partial charge in [-0.25, -0.2) is 0 Å². The van der Waals surface area contributed by atoms with E-state index < -0.39 is 0 Å². The van der Waals surface area contributed by atoms with Gasteiger partial charge in [0.25, 0.3) is 0 Å². The number of methoxy groups -OCH3 is 1. The Morgan fingerprint density at radius 1 is 1.24 bits per heavy atom. The van der Waals surface area contributed by atoms with Gasteiger partial charge < -0.3 is 14.4 Å². The lowest BCUT2D eigenvalue weighted by atomic mass is 9.79. The van der Waals surface area contributed by atoms with Gasteiger partial charge in [0.05, 0.1) is 6.61 Å². The van der Waals surface area contributed by atoms with Gasteiger partial charge in [0.2, 0.25) is 0 Å². The quantitative estimate of drug-likeness (QED) is 0.801. The lowest BCUT2D eigenvalue weighted by molar-refractivity contribution is 0.180. The molecule has 1 aromatic rings. The molecule has 1 N–H and O–H groups in total. The fourth-order valence-corrected chi connectivity index (χ4v) is 3.40. The maximum Gasteiger partial charge on any atom is 0.158 e. The Morgan fingerprint density at radius 3 is 2.62 bits per heavy atom. The van der Waals surface area contributed by atoms with Gasteiger partial charge in [-0.3, -0.25) is 0 Å². The van der Waals surface area contributed by atoms with Crippen LogP contribution in [-0.4, -0.2) is 33.6 Å². The van der Waals surface area contributed by atoms with Gasteiger partial charge >= 0.3 is 0 Å². The van der Waals surface area contributed by atoms with E-state index in [0.717, 1.165) is 18.3 Å². The lowest BCUT2D eigenvalue weighted by Gasteiger charge is -2.28. The summed E-state index contributed by atoms with van der Waals surface area (Å²) >= 11 is 0. The average Bonchev–Trinajstić information content (AvgIpc) is 2.94. The SMILES string of the molecule is CCCCC1CCC(c2nnc(CO)n2CCOC)CC1. The van der Waals surface area contributed by atoms with Crippen molar-refractivity contribution in [2.75, 3.05) is 13.7 Å². The number of hydrogen-bond donors (Lipinski definition) is 1. The van der Waals surface area contributed by atoms with E-state index in [0.29, 0.717) is 18.3 Å². The van der Waals surface area contributed by atoms with E-state index in [2.05, 4.69) is 21.7 Å². The molecule has 0 aromatic carbocycles. The zero-order valence-electron chi connectivity index (χ0n) is 13.4. The zero-order chi connectivity index (χ0) is 15.1. The largest absolute Gasteiger partial charge is 0.388 e. The summed E-state index contributed by atoms with van der Waals surface area (Å²) < 4.78 is 7.22. The van der Waals surface area contributed by atoms with E-state index >= 15 is 0 Å². The third-order valence-electron chi connectivity index (χ3n) is 4.69. The summed E-state index contributed by atoms with van der Waals surface area (Å²) in [6.45, 7) is 3.57. The normalized spacial score (nSPS) is 22.6. The molecule has 0 atom stereocenters. The minimum atomic E-state index is -0.0530.